The minimum Gasteiger partial charge on any atom is -0.387 e. The second kappa shape index (κ2) is 7.68. The molecule has 0 spiro atoms. The summed E-state index contributed by atoms with van der Waals surface area (Å²) in [5.74, 6) is -0.0102. The van der Waals surface area contributed by atoms with Crippen LogP contribution in [0.15, 0.2) is 12.7 Å². The van der Waals surface area contributed by atoms with Crippen LogP contribution in [0.1, 0.15) is 6.23 Å². The Morgan fingerprint density at radius 2 is 1.96 bits per heavy atom. The molecule has 0 aromatic carbocycles. The largest absolute Gasteiger partial charge is 0.387 e. The molecule has 11 nitrogen and oxygen atoms in total. The molecule has 150 valence electrons. The zero-order valence-corrected chi connectivity index (χ0v) is 17.5. The lowest BCUT2D eigenvalue weighted by Crippen LogP contribution is -2.33. The number of rotatable bonds is 6. The Hall–Kier alpha value is -0.590. The highest BCUT2D eigenvalue weighted by Gasteiger charge is 2.45. The van der Waals surface area contributed by atoms with Gasteiger partial charge < -0.3 is 35.0 Å². The summed E-state index contributed by atoms with van der Waals surface area (Å²) in [5, 5.41) is 20.7. The molecule has 6 N–H and O–H groups in total. The van der Waals surface area contributed by atoms with Crippen molar-refractivity contribution >= 4 is 53.4 Å². The van der Waals surface area contributed by atoms with Crippen molar-refractivity contribution < 1.29 is 29.3 Å². The maximum atomic E-state index is 10.4. The molecule has 0 aliphatic carbocycles. The number of hydrogen-bond acceptors (Lipinski definition) is 10. The van der Waals surface area contributed by atoms with Gasteiger partial charge in [0.25, 0.3) is 0 Å². The molecule has 0 radical (unpaired) electrons. The fourth-order valence-electron chi connectivity index (χ4n) is 2.76. The summed E-state index contributed by atoms with van der Waals surface area (Å²) in [4.78, 5) is 30.9. The number of hydrogen-bond donors (Lipinski definition) is 5. The topological polar surface area (TPSA) is 169 Å². The Morgan fingerprint density at radius 1 is 1.26 bits per heavy atom. The van der Waals surface area contributed by atoms with Crippen LogP contribution in [-0.2, 0) is 32.9 Å². The molecular weight excluding hydrogens is 436 g/mol. The van der Waals surface area contributed by atoms with E-state index in [1.54, 1.807) is 6.66 Å². The van der Waals surface area contributed by atoms with Gasteiger partial charge in [0.2, 0.25) is 0 Å². The summed E-state index contributed by atoms with van der Waals surface area (Å²) in [6.45, 7) is -2.06. The second-order valence-electron chi connectivity index (χ2n) is 6.25. The van der Waals surface area contributed by atoms with Gasteiger partial charge in [-0.2, -0.15) is 0 Å². The molecule has 0 amide bonds. The number of aliphatic hydroxyl groups excluding tert-OH is 2. The molecule has 27 heavy (non-hydrogen) atoms. The summed E-state index contributed by atoms with van der Waals surface area (Å²) in [6, 6.07) is 0. The van der Waals surface area contributed by atoms with E-state index in [2.05, 4.69) is 26.8 Å². The van der Waals surface area contributed by atoms with E-state index in [1.807, 2.05) is 0 Å². The molecule has 1 saturated heterocycles. The minimum absolute atomic E-state index is 0.137. The van der Waals surface area contributed by atoms with Gasteiger partial charge in [0, 0.05) is 0 Å². The van der Waals surface area contributed by atoms with E-state index in [-0.39, 0.29) is 18.3 Å². The van der Waals surface area contributed by atoms with Crippen LogP contribution >= 0.6 is 12.8 Å². The second-order valence-corrected chi connectivity index (χ2v) is 15.1. The first-order chi connectivity index (χ1) is 12.5. The van der Waals surface area contributed by atoms with Gasteiger partial charge in [0.15, 0.2) is 24.2 Å². The first-order valence-corrected chi connectivity index (χ1v) is 13.9. The summed E-state index contributed by atoms with van der Waals surface area (Å²) in [6.07, 6.45) is -4.33. The van der Waals surface area contributed by atoms with Crippen LogP contribution in [0.3, 0.4) is 0 Å². The average Bonchev–Trinajstić information content (AvgIpc) is 3.07. The van der Waals surface area contributed by atoms with E-state index in [0.29, 0.717) is 11.2 Å². The Labute approximate surface area is 164 Å². The van der Waals surface area contributed by atoms with Crippen molar-refractivity contribution in [2.75, 3.05) is 24.9 Å². The number of anilines is 1. The molecule has 15 heteroatoms. The van der Waals surface area contributed by atoms with Crippen molar-refractivity contribution in [2.24, 2.45) is 0 Å². The monoisotopic (exact) mass is 455 g/mol. The van der Waals surface area contributed by atoms with Gasteiger partial charge >= 0.3 is 0 Å². The zero-order valence-electron chi connectivity index (χ0n) is 14.1. The number of ether oxygens (including phenoxy) is 1. The van der Waals surface area contributed by atoms with Crippen molar-refractivity contribution in [3.8, 4) is 0 Å². The van der Waals surface area contributed by atoms with Crippen molar-refractivity contribution in [2.45, 2.75) is 24.5 Å². The number of fused-ring (bicyclic) bond motifs is 1. The van der Waals surface area contributed by atoms with Crippen LogP contribution in [0.2, 0.25) is 0 Å². The van der Waals surface area contributed by atoms with E-state index in [1.165, 1.54) is 17.2 Å². The van der Waals surface area contributed by atoms with Gasteiger partial charge in [-0.15, -0.1) is 0 Å². The first-order valence-electron chi connectivity index (χ1n) is 7.69. The van der Waals surface area contributed by atoms with E-state index < -0.39 is 37.3 Å². The van der Waals surface area contributed by atoms with Gasteiger partial charge in [-0.1, -0.05) is 11.8 Å². The van der Waals surface area contributed by atoms with E-state index in [9.17, 15) is 20.0 Å². The lowest BCUT2D eigenvalue weighted by molar-refractivity contribution is -0.0463. The van der Waals surface area contributed by atoms with Gasteiger partial charge in [0.1, 0.15) is 30.2 Å². The first kappa shape index (κ1) is 21.1. The Kier molecular flexibility index (Phi) is 6.01. The summed E-state index contributed by atoms with van der Waals surface area (Å²) < 4.78 is 12.8. The van der Waals surface area contributed by atoms with Crippen LogP contribution in [0, 0.1) is 0 Å². The maximum absolute atomic E-state index is 10.4. The predicted octanol–water partition coefficient (Wildman–Crippen LogP) is -0.680. The van der Waals surface area contributed by atoms with Crippen molar-refractivity contribution in [3.63, 3.8) is 0 Å². The molecule has 0 saturated carbocycles. The van der Waals surface area contributed by atoms with Crippen molar-refractivity contribution in [1.29, 1.82) is 0 Å². The standard InChI is InChI=1S/C12H19N5O6P2S2/c1-24(26,5-25(20,21)27)22-2-6-8(18)9(19)12(23-6)17-4-16-7-10(13)14-3-15-11(7)17/h3-4,6,8-9,12,18-19H,2,5H2,1H3,(H2,13,14,15)(H2,20,21,27)/t6-,8?,9+,12-,24?/m1/s1. The molecular formula is C12H19N5O6P2S2. The number of aromatic nitrogens is 4. The van der Waals surface area contributed by atoms with Gasteiger partial charge in [-0.05, 0) is 18.5 Å². The summed E-state index contributed by atoms with van der Waals surface area (Å²) in [7, 11) is 0. The zero-order chi connectivity index (χ0) is 20.0. The van der Waals surface area contributed by atoms with Gasteiger partial charge in [-0.3, -0.25) is 4.57 Å². The smallest absolute Gasteiger partial charge is 0.190 e. The van der Waals surface area contributed by atoms with E-state index in [0.717, 1.165) is 0 Å². The molecule has 2 aromatic heterocycles. The van der Waals surface area contributed by atoms with Crippen LogP contribution in [0.5, 0.6) is 0 Å². The molecule has 3 rings (SSSR count). The maximum Gasteiger partial charge on any atom is 0.190 e. The molecule has 1 fully saturated rings. The SMILES string of the molecule is CP(=S)(CP(O)(O)=S)OC[C@H]1O[C@@H](n2cnc3c(N)ncnc32)[C@@H](O)C1O. The van der Waals surface area contributed by atoms with Crippen molar-refractivity contribution in [3.05, 3.63) is 12.7 Å². The Bertz CT molecular complexity index is 938. The average molecular weight is 455 g/mol. The van der Waals surface area contributed by atoms with Gasteiger partial charge in [0.05, 0.1) is 25.1 Å². The van der Waals surface area contributed by atoms with Crippen molar-refractivity contribution in [1.82, 2.24) is 19.5 Å². The van der Waals surface area contributed by atoms with Crippen LogP contribution in [0.25, 0.3) is 11.2 Å². The quantitative estimate of drug-likeness (QED) is 0.349. The Morgan fingerprint density at radius 3 is 2.63 bits per heavy atom. The molecule has 3 heterocycles. The highest BCUT2D eigenvalue weighted by Crippen LogP contribution is 2.56. The van der Waals surface area contributed by atoms with Gasteiger partial charge in [-0.25, -0.2) is 15.0 Å². The van der Waals surface area contributed by atoms with Crippen LogP contribution < -0.4 is 5.73 Å². The number of nitrogen functional groups attached to an aromatic ring is 1. The highest BCUT2D eigenvalue weighted by molar-refractivity contribution is 8.20. The molecule has 0 bridgehead atoms. The third-order valence-electron chi connectivity index (χ3n) is 3.95. The third kappa shape index (κ3) is 4.70. The molecule has 1 aliphatic heterocycles. The van der Waals surface area contributed by atoms with Crippen LogP contribution in [-0.4, -0.2) is 77.0 Å². The lowest BCUT2D eigenvalue weighted by atomic mass is 10.1. The third-order valence-corrected chi connectivity index (χ3v) is 10.6. The summed E-state index contributed by atoms with van der Waals surface area (Å²) >= 11 is 9.87. The molecule has 5 atom stereocenters. The summed E-state index contributed by atoms with van der Waals surface area (Å²) in [5.41, 5.74) is 6.45. The van der Waals surface area contributed by atoms with E-state index >= 15 is 0 Å². The van der Waals surface area contributed by atoms with Crippen LogP contribution in [0.4, 0.5) is 5.82 Å². The normalized spacial score (nSPS) is 28.5. The minimum atomic E-state index is -3.50. The number of nitrogens with zero attached hydrogens (tertiary/aromatic N) is 4. The number of aliphatic hydroxyl groups is 2. The fraction of sp³-hybridized carbons (Fsp3) is 0.583. The highest BCUT2D eigenvalue weighted by atomic mass is 32.5. The molecule has 1 aliphatic rings. The molecule has 2 aromatic rings. The molecule has 2 unspecified atom stereocenters. The fourth-order valence-corrected chi connectivity index (χ4v) is 10.5. The predicted molar refractivity (Wildman–Crippen MR) is 105 cm³/mol. The number of nitrogens with two attached hydrogens (primary N) is 1. The number of imidazole rings is 1. The Balaban J connectivity index is 1.75. The lowest BCUT2D eigenvalue weighted by Gasteiger charge is -2.23. The van der Waals surface area contributed by atoms with E-state index in [4.69, 9.17) is 26.8 Å².